The molecule has 5 heteroatoms. The molecule has 4 rings (SSSR count). The van der Waals surface area contributed by atoms with E-state index in [-0.39, 0.29) is 0 Å². The fourth-order valence-electron chi connectivity index (χ4n) is 3.24. The Morgan fingerprint density at radius 2 is 1.61 bits per heavy atom. The van der Waals surface area contributed by atoms with Crippen LogP contribution in [0.25, 0.3) is 11.0 Å². The molecule has 1 aromatic heterocycles. The Balaban J connectivity index is 1.41. The van der Waals surface area contributed by atoms with Gasteiger partial charge >= 0.3 is 0 Å². The normalized spacial score (nSPS) is 16.1. The number of anilines is 1. The van der Waals surface area contributed by atoms with Crippen molar-refractivity contribution in [1.29, 1.82) is 0 Å². The number of nitrogens with one attached hydrogen (secondary N) is 2. The number of para-hydroxylation sites is 1. The van der Waals surface area contributed by atoms with Crippen molar-refractivity contribution in [2.24, 2.45) is 0 Å². The Labute approximate surface area is 140 Å². The molecular weight excluding hydrogens is 304 g/mol. The summed E-state index contributed by atoms with van der Waals surface area (Å²) in [5.41, 5.74) is 4.83. The summed E-state index contributed by atoms with van der Waals surface area (Å²) in [7, 11) is 0. The zero-order valence-corrected chi connectivity index (χ0v) is 13.8. The van der Waals surface area contributed by atoms with E-state index in [1.807, 2.05) is 0 Å². The van der Waals surface area contributed by atoms with Gasteiger partial charge in [-0.3, -0.25) is 4.90 Å². The van der Waals surface area contributed by atoms with Gasteiger partial charge < -0.3 is 14.9 Å². The zero-order valence-electron chi connectivity index (χ0n) is 13.0. The van der Waals surface area contributed by atoms with Crippen LogP contribution < -0.4 is 4.90 Å². The van der Waals surface area contributed by atoms with Crippen LogP contribution in [-0.2, 0) is 6.54 Å². The Morgan fingerprint density at radius 3 is 2.39 bits per heavy atom. The largest absolute Gasteiger partial charge is 0.369 e. The van der Waals surface area contributed by atoms with E-state index in [1.54, 1.807) is 0 Å². The van der Waals surface area contributed by atoms with Crippen molar-refractivity contribution in [3.8, 4) is 0 Å². The lowest BCUT2D eigenvalue weighted by Gasteiger charge is -2.36. The molecule has 0 aliphatic carbocycles. The Morgan fingerprint density at radius 1 is 0.870 bits per heavy atom. The second-order valence-corrected chi connectivity index (χ2v) is 6.47. The van der Waals surface area contributed by atoms with Crippen LogP contribution in [-0.4, -0.2) is 41.0 Å². The summed E-state index contributed by atoms with van der Waals surface area (Å²) in [6.45, 7) is 5.34. The lowest BCUT2D eigenvalue weighted by Crippen LogP contribution is -2.45. The molecule has 2 heterocycles. The van der Waals surface area contributed by atoms with Gasteiger partial charge in [0, 0.05) is 38.4 Å². The molecule has 1 aliphatic heterocycles. The number of aromatic amines is 2. The van der Waals surface area contributed by atoms with E-state index in [4.69, 9.17) is 12.2 Å². The minimum atomic E-state index is 0.689. The zero-order chi connectivity index (χ0) is 15.6. The summed E-state index contributed by atoms with van der Waals surface area (Å²) < 4.78 is 0.689. The molecule has 3 aromatic rings. The van der Waals surface area contributed by atoms with Crippen molar-refractivity contribution in [3.63, 3.8) is 0 Å². The van der Waals surface area contributed by atoms with E-state index in [0.29, 0.717) is 4.77 Å². The van der Waals surface area contributed by atoms with Crippen molar-refractivity contribution in [2.75, 3.05) is 31.1 Å². The summed E-state index contributed by atoms with van der Waals surface area (Å²) in [6, 6.07) is 17.2. The lowest BCUT2D eigenvalue weighted by atomic mass is 10.1. The van der Waals surface area contributed by atoms with Gasteiger partial charge in [-0.25, -0.2) is 0 Å². The first kappa shape index (κ1) is 14.5. The minimum absolute atomic E-state index is 0.689. The molecule has 118 valence electrons. The van der Waals surface area contributed by atoms with Gasteiger partial charge in [-0.05, 0) is 42.0 Å². The summed E-state index contributed by atoms with van der Waals surface area (Å²) in [6.07, 6.45) is 0. The summed E-state index contributed by atoms with van der Waals surface area (Å²) in [4.78, 5) is 11.3. The van der Waals surface area contributed by atoms with Gasteiger partial charge in [-0.1, -0.05) is 24.3 Å². The van der Waals surface area contributed by atoms with Crippen LogP contribution in [0.4, 0.5) is 5.69 Å². The summed E-state index contributed by atoms with van der Waals surface area (Å²) >= 11 is 5.15. The number of H-pyrrole nitrogens is 2. The van der Waals surface area contributed by atoms with Crippen LogP contribution in [0.15, 0.2) is 48.5 Å². The molecule has 1 saturated heterocycles. The van der Waals surface area contributed by atoms with Crippen molar-refractivity contribution < 1.29 is 0 Å². The predicted octanol–water partition coefficient (Wildman–Crippen LogP) is 3.55. The van der Waals surface area contributed by atoms with E-state index in [1.165, 1.54) is 11.3 Å². The highest BCUT2D eigenvalue weighted by molar-refractivity contribution is 7.71. The van der Waals surface area contributed by atoms with Crippen LogP contribution in [0, 0.1) is 4.77 Å². The number of nitrogens with zero attached hydrogens (tertiary/aromatic N) is 2. The lowest BCUT2D eigenvalue weighted by molar-refractivity contribution is 0.250. The van der Waals surface area contributed by atoms with Crippen LogP contribution in [0.1, 0.15) is 5.56 Å². The molecule has 0 atom stereocenters. The maximum absolute atomic E-state index is 5.15. The van der Waals surface area contributed by atoms with Crippen molar-refractivity contribution in [1.82, 2.24) is 14.9 Å². The molecule has 0 amide bonds. The molecule has 23 heavy (non-hydrogen) atoms. The van der Waals surface area contributed by atoms with E-state index < -0.39 is 0 Å². The molecule has 0 bridgehead atoms. The number of piperazine rings is 1. The highest BCUT2D eigenvalue weighted by Gasteiger charge is 2.17. The van der Waals surface area contributed by atoms with Gasteiger partial charge in [0.1, 0.15) is 0 Å². The maximum atomic E-state index is 5.15. The molecule has 1 fully saturated rings. The minimum Gasteiger partial charge on any atom is -0.369 e. The van der Waals surface area contributed by atoms with Crippen LogP contribution in [0.2, 0.25) is 0 Å². The molecule has 1 aliphatic rings. The van der Waals surface area contributed by atoms with Gasteiger partial charge in [-0.2, -0.15) is 0 Å². The number of aromatic nitrogens is 2. The third-order valence-corrected chi connectivity index (χ3v) is 4.68. The molecule has 0 spiro atoms. The van der Waals surface area contributed by atoms with Crippen LogP contribution >= 0.6 is 12.2 Å². The topological polar surface area (TPSA) is 38.1 Å². The highest BCUT2D eigenvalue weighted by Crippen LogP contribution is 2.18. The summed E-state index contributed by atoms with van der Waals surface area (Å²) in [5.74, 6) is 0. The first-order chi connectivity index (χ1) is 11.3. The van der Waals surface area contributed by atoms with Crippen molar-refractivity contribution >= 4 is 28.9 Å². The average Bonchev–Trinajstić information content (AvgIpc) is 2.96. The Kier molecular flexibility index (Phi) is 3.89. The number of benzene rings is 2. The van der Waals surface area contributed by atoms with E-state index in [9.17, 15) is 0 Å². The molecule has 0 unspecified atom stereocenters. The number of fused-ring (bicyclic) bond motifs is 1. The van der Waals surface area contributed by atoms with E-state index in [2.05, 4.69) is 68.3 Å². The van der Waals surface area contributed by atoms with Crippen LogP contribution in [0.5, 0.6) is 0 Å². The number of imidazole rings is 1. The van der Waals surface area contributed by atoms with Gasteiger partial charge in [0.25, 0.3) is 0 Å². The Hall–Kier alpha value is -2.11. The fourth-order valence-corrected chi connectivity index (χ4v) is 3.46. The monoisotopic (exact) mass is 324 g/mol. The first-order valence-corrected chi connectivity index (χ1v) is 8.42. The maximum Gasteiger partial charge on any atom is 0.175 e. The second-order valence-electron chi connectivity index (χ2n) is 6.06. The molecular formula is C18H20N4S. The number of hydrogen-bond donors (Lipinski definition) is 2. The molecule has 4 nitrogen and oxygen atoms in total. The van der Waals surface area contributed by atoms with Crippen molar-refractivity contribution in [3.05, 3.63) is 58.9 Å². The Bertz CT molecular complexity index is 844. The van der Waals surface area contributed by atoms with Gasteiger partial charge in [-0.15, -0.1) is 0 Å². The predicted molar refractivity (Wildman–Crippen MR) is 97.4 cm³/mol. The van der Waals surface area contributed by atoms with Gasteiger partial charge in [0.15, 0.2) is 4.77 Å². The smallest absolute Gasteiger partial charge is 0.175 e. The average molecular weight is 324 g/mol. The molecule has 0 radical (unpaired) electrons. The summed E-state index contributed by atoms with van der Waals surface area (Å²) in [5, 5.41) is 0. The molecule has 0 saturated carbocycles. The SMILES string of the molecule is S=c1[nH]c2ccc(CN3CCN(c4ccccc4)CC3)cc2[nH]1. The third kappa shape index (κ3) is 3.16. The van der Waals surface area contributed by atoms with Crippen molar-refractivity contribution in [2.45, 2.75) is 6.54 Å². The number of rotatable bonds is 3. The number of hydrogen-bond acceptors (Lipinski definition) is 3. The standard InChI is InChI=1S/C18H20N4S/c23-18-19-16-7-6-14(12-17(16)20-18)13-21-8-10-22(11-9-21)15-4-2-1-3-5-15/h1-7,12H,8-11,13H2,(H2,19,20,23). The van der Waals surface area contributed by atoms with Gasteiger partial charge in [0.2, 0.25) is 0 Å². The highest BCUT2D eigenvalue weighted by atomic mass is 32.1. The fraction of sp³-hybridized carbons (Fsp3) is 0.278. The molecule has 2 N–H and O–H groups in total. The molecule has 2 aromatic carbocycles. The quantitative estimate of drug-likeness (QED) is 0.724. The second kappa shape index (κ2) is 6.18. The van der Waals surface area contributed by atoms with E-state index in [0.717, 1.165) is 43.8 Å². The van der Waals surface area contributed by atoms with E-state index >= 15 is 0 Å². The van der Waals surface area contributed by atoms with Gasteiger partial charge in [0.05, 0.1) is 11.0 Å². The third-order valence-electron chi connectivity index (χ3n) is 4.48. The van der Waals surface area contributed by atoms with Crippen LogP contribution in [0.3, 0.4) is 0 Å². The first-order valence-electron chi connectivity index (χ1n) is 8.01.